The third-order valence-electron chi connectivity index (χ3n) is 2.97. The minimum absolute atomic E-state index is 0.323. The van der Waals surface area contributed by atoms with Crippen LogP contribution in [-0.2, 0) is 23.6 Å². The molecule has 0 saturated heterocycles. The third kappa shape index (κ3) is 4.19. The van der Waals surface area contributed by atoms with Crippen LogP contribution in [0.5, 0.6) is 0 Å². The minimum Gasteiger partial charge on any atom is -0.352 e. The van der Waals surface area contributed by atoms with E-state index in [2.05, 4.69) is 25.7 Å². The maximum atomic E-state index is 12.4. The molecule has 1 N–H and O–H groups in total. The van der Waals surface area contributed by atoms with E-state index in [0.29, 0.717) is 24.0 Å². The van der Waals surface area contributed by atoms with Gasteiger partial charge in [0.15, 0.2) is 0 Å². The molecule has 0 spiro atoms. The molecule has 0 amide bonds. The molecule has 0 aliphatic carbocycles. The number of aryl methyl sites for hydroxylation is 1. The summed E-state index contributed by atoms with van der Waals surface area (Å²) in [5, 5.41) is 3.29. The molecule has 0 saturated carbocycles. The van der Waals surface area contributed by atoms with E-state index in [1.165, 1.54) is 4.31 Å². The van der Waals surface area contributed by atoms with Gasteiger partial charge in [-0.3, -0.25) is 0 Å². The molecule has 1 heterocycles. The van der Waals surface area contributed by atoms with Crippen LogP contribution in [0.3, 0.4) is 0 Å². The van der Waals surface area contributed by atoms with Gasteiger partial charge < -0.3 is 9.88 Å². The van der Waals surface area contributed by atoms with E-state index in [4.69, 9.17) is 0 Å². The Morgan fingerprint density at radius 3 is 2.60 bits per heavy atom. The number of aromatic nitrogens is 1. The Labute approximate surface area is 122 Å². The van der Waals surface area contributed by atoms with Crippen molar-refractivity contribution >= 4 is 10.0 Å². The molecule has 1 aromatic rings. The van der Waals surface area contributed by atoms with Gasteiger partial charge in [0.2, 0.25) is 10.0 Å². The lowest BCUT2D eigenvalue weighted by molar-refractivity contribution is 0.493. The molecule has 5 nitrogen and oxygen atoms in total. The summed E-state index contributed by atoms with van der Waals surface area (Å²) in [6.07, 6.45) is 1.65. The SMILES string of the molecule is C=C(C)CN(C)S(=O)(=O)c1cc(CNC(C)C)n(C)c1. The van der Waals surface area contributed by atoms with Crippen molar-refractivity contribution < 1.29 is 8.42 Å². The highest BCUT2D eigenvalue weighted by Gasteiger charge is 2.22. The molecular formula is C14H25N3O2S. The molecule has 1 rings (SSSR count). The van der Waals surface area contributed by atoms with Gasteiger partial charge in [-0.1, -0.05) is 26.0 Å². The quantitative estimate of drug-likeness (QED) is 0.780. The number of hydrogen-bond acceptors (Lipinski definition) is 3. The van der Waals surface area contributed by atoms with Crippen LogP contribution in [0.4, 0.5) is 0 Å². The van der Waals surface area contributed by atoms with Crippen LogP contribution in [0.1, 0.15) is 26.5 Å². The molecular weight excluding hydrogens is 274 g/mol. The van der Waals surface area contributed by atoms with Gasteiger partial charge in [0.05, 0.1) is 0 Å². The van der Waals surface area contributed by atoms with Crippen molar-refractivity contribution in [3.8, 4) is 0 Å². The minimum atomic E-state index is -3.45. The second-order valence-corrected chi connectivity index (χ2v) is 7.58. The molecule has 0 aliphatic heterocycles. The first kappa shape index (κ1) is 16.9. The van der Waals surface area contributed by atoms with Gasteiger partial charge in [-0.15, -0.1) is 0 Å². The Morgan fingerprint density at radius 1 is 1.50 bits per heavy atom. The average Bonchev–Trinajstić information content (AvgIpc) is 2.67. The monoisotopic (exact) mass is 299 g/mol. The number of sulfonamides is 1. The lowest BCUT2D eigenvalue weighted by atomic mass is 10.3. The Bertz CT molecular complexity index is 573. The van der Waals surface area contributed by atoms with Gasteiger partial charge in [0, 0.05) is 45.1 Å². The fourth-order valence-electron chi connectivity index (χ4n) is 1.85. The third-order valence-corrected chi connectivity index (χ3v) is 4.74. The van der Waals surface area contributed by atoms with Crippen LogP contribution in [0.25, 0.3) is 0 Å². The molecule has 0 aliphatic rings. The lowest BCUT2D eigenvalue weighted by Gasteiger charge is -2.15. The average molecular weight is 299 g/mol. The highest BCUT2D eigenvalue weighted by atomic mass is 32.2. The zero-order valence-electron chi connectivity index (χ0n) is 13.0. The van der Waals surface area contributed by atoms with E-state index in [1.54, 1.807) is 19.3 Å². The number of nitrogens with one attached hydrogen (secondary N) is 1. The van der Waals surface area contributed by atoms with Crippen LogP contribution in [0.15, 0.2) is 29.3 Å². The van der Waals surface area contributed by atoms with Crippen molar-refractivity contribution in [3.63, 3.8) is 0 Å². The van der Waals surface area contributed by atoms with Crippen molar-refractivity contribution in [2.45, 2.75) is 38.3 Å². The normalized spacial score (nSPS) is 12.3. The van der Waals surface area contributed by atoms with Gasteiger partial charge in [-0.05, 0) is 13.0 Å². The van der Waals surface area contributed by atoms with Crippen molar-refractivity contribution in [1.82, 2.24) is 14.2 Å². The van der Waals surface area contributed by atoms with Crippen molar-refractivity contribution in [1.29, 1.82) is 0 Å². The first-order valence-corrected chi connectivity index (χ1v) is 8.08. The summed E-state index contributed by atoms with van der Waals surface area (Å²) >= 11 is 0. The second kappa shape index (κ2) is 6.56. The van der Waals surface area contributed by atoms with Crippen LogP contribution >= 0.6 is 0 Å². The maximum Gasteiger partial charge on any atom is 0.244 e. The molecule has 0 aromatic carbocycles. The lowest BCUT2D eigenvalue weighted by Crippen LogP contribution is -2.28. The van der Waals surface area contributed by atoms with Crippen molar-refractivity contribution in [3.05, 3.63) is 30.1 Å². The summed E-state index contributed by atoms with van der Waals surface area (Å²) in [7, 11) is -0.0217. The van der Waals surface area contributed by atoms with Gasteiger partial charge in [0.1, 0.15) is 4.90 Å². The Morgan fingerprint density at radius 2 is 2.10 bits per heavy atom. The van der Waals surface area contributed by atoms with E-state index in [1.807, 2.05) is 18.5 Å². The molecule has 0 atom stereocenters. The number of nitrogens with zero attached hydrogens (tertiary/aromatic N) is 2. The summed E-state index contributed by atoms with van der Waals surface area (Å²) in [6, 6.07) is 2.08. The topological polar surface area (TPSA) is 54.3 Å². The highest BCUT2D eigenvalue weighted by Crippen LogP contribution is 2.18. The molecule has 0 radical (unpaired) electrons. The number of hydrogen-bond donors (Lipinski definition) is 1. The standard InChI is InChI=1S/C14H25N3O2S/c1-11(2)9-17(6)20(18,19)14-7-13(16(5)10-14)8-15-12(3)4/h7,10,12,15H,1,8-9H2,2-6H3. The molecule has 0 bridgehead atoms. The predicted octanol–water partition coefficient (Wildman–Crippen LogP) is 1.72. The smallest absolute Gasteiger partial charge is 0.244 e. The Kier molecular flexibility index (Phi) is 5.56. The van der Waals surface area contributed by atoms with Crippen LogP contribution in [0, 0.1) is 0 Å². The molecule has 1 aromatic heterocycles. The van der Waals surface area contributed by atoms with E-state index in [-0.39, 0.29) is 0 Å². The van der Waals surface area contributed by atoms with Gasteiger partial charge in [-0.25, -0.2) is 8.42 Å². The van der Waals surface area contributed by atoms with Crippen molar-refractivity contribution in [2.24, 2.45) is 7.05 Å². The molecule has 6 heteroatoms. The number of rotatable bonds is 7. The zero-order chi connectivity index (χ0) is 15.5. The van der Waals surface area contributed by atoms with Crippen LogP contribution in [0.2, 0.25) is 0 Å². The first-order valence-electron chi connectivity index (χ1n) is 6.64. The van der Waals surface area contributed by atoms with Crippen molar-refractivity contribution in [2.75, 3.05) is 13.6 Å². The zero-order valence-corrected chi connectivity index (χ0v) is 13.8. The second-order valence-electron chi connectivity index (χ2n) is 5.53. The Hall–Kier alpha value is -1.11. The van der Waals surface area contributed by atoms with Gasteiger partial charge >= 0.3 is 0 Å². The van der Waals surface area contributed by atoms with E-state index in [9.17, 15) is 8.42 Å². The molecule has 20 heavy (non-hydrogen) atoms. The van der Waals surface area contributed by atoms with Gasteiger partial charge in [0.25, 0.3) is 0 Å². The molecule has 114 valence electrons. The highest BCUT2D eigenvalue weighted by molar-refractivity contribution is 7.89. The number of likely N-dealkylation sites (N-methyl/N-ethyl adjacent to an activating group) is 1. The summed E-state index contributed by atoms with van der Waals surface area (Å²) in [4.78, 5) is 0.323. The van der Waals surface area contributed by atoms with Crippen LogP contribution < -0.4 is 5.32 Å². The van der Waals surface area contributed by atoms with E-state index in [0.717, 1.165) is 11.3 Å². The summed E-state index contributed by atoms with van der Waals surface area (Å²) in [6.45, 7) is 10.7. The molecule has 0 unspecified atom stereocenters. The fourth-order valence-corrected chi connectivity index (χ4v) is 3.17. The maximum absolute atomic E-state index is 12.4. The summed E-state index contributed by atoms with van der Waals surface area (Å²) in [5.41, 5.74) is 1.76. The van der Waals surface area contributed by atoms with Gasteiger partial charge in [-0.2, -0.15) is 4.31 Å². The Balaban J connectivity index is 2.96. The van der Waals surface area contributed by atoms with E-state index < -0.39 is 10.0 Å². The summed E-state index contributed by atoms with van der Waals surface area (Å²) in [5.74, 6) is 0. The van der Waals surface area contributed by atoms with E-state index >= 15 is 0 Å². The predicted molar refractivity (Wildman–Crippen MR) is 82.0 cm³/mol. The largest absolute Gasteiger partial charge is 0.352 e. The van der Waals surface area contributed by atoms with Crippen LogP contribution in [-0.4, -0.2) is 36.9 Å². The molecule has 0 fully saturated rings. The summed E-state index contributed by atoms with van der Waals surface area (Å²) < 4.78 is 28.0. The first-order chi connectivity index (χ1) is 9.14. The fraction of sp³-hybridized carbons (Fsp3) is 0.571.